The molecule has 13 heteroatoms. The minimum Gasteiger partial charge on any atom is -0.439 e. The maximum absolute atomic E-state index is 13.3. The molecule has 0 aliphatic carbocycles. The number of aromatic nitrogens is 2. The van der Waals surface area contributed by atoms with Gasteiger partial charge >= 0.3 is 24.5 Å². The van der Waals surface area contributed by atoms with Gasteiger partial charge in [-0.05, 0) is 49.8 Å². The average Bonchev–Trinajstić information content (AvgIpc) is 3.34. The number of halogens is 6. The minimum absolute atomic E-state index is 0.0282. The first-order chi connectivity index (χ1) is 16.2. The van der Waals surface area contributed by atoms with Gasteiger partial charge in [0.1, 0.15) is 6.10 Å². The molecule has 3 amide bonds. The molecule has 0 bridgehead atoms. The summed E-state index contributed by atoms with van der Waals surface area (Å²) in [4.78, 5) is 25.6. The highest BCUT2D eigenvalue weighted by atomic mass is 19.4. The zero-order chi connectivity index (χ0) is 26.1. The van der Waals surface area contributed by atoms with E-state index in [9.17, 15) is 35.9 Å². The topological polar surface area (TPSA) is 75.9 Å². The predicted octanol–water partition coefficient (Wildman–Crippen LogP) is 5.31. The molecule has 0 saturated carbocycles. The lowest BCUT2D eigenvalue weighted by Crippen LogP contribution is -2.45. The van der Waals surface area contributed by atoms with Crippen molar-refractivity contribution < 1.29 is 40.7 Å². The van der Waals surface area contributed by atoms with Crippen molar-refractivity contribution in [2.24, 2.45) is 0 Å². The van der Waals surface area contributed by atoms with Crippen LogP contribution in [-0.4, -0.2) is 51.1 Å². The van der Waals surface area contributed by atoms with Gasteiger partial charge in [-0.25, -0.2) is 19.0 Å². The molecule has 1 aliphatic rings. The maximum Gasteiger partial charge on any atom is 0.419 e. The first-order valence-corrected chi connectivity index (χ1v) is 10.1. The van der Waals surface area contributed by atoms with E-state index in [1.807, 2.05) is 0 Å². The Bertz CT molecular complexity index is 1210. The lowest BCUT2D eigenvalue weighted by molar-refractivity contribution is -0.0954. The number of ether oxygens (including phenoxy) is 1. The molecule has 1 aliphatic heterocycles. The first-order valence-electron chi connectivity index (χ1n) is 10.1. The van der Waals surface area contributed by atoms with E-state index < -0.39 is 53.3 Å². The van der Waals surface area contributed by atoms with Crippen LogP contribution >= 0.6 is 0 Å². The quantitative estimate of drug-likeness (QED) is 0.445. The summed E-state index contributed by atoms with van der Waals surface area (Å²) < 4.78 is 84.8. The number of allylic oxidation sites excluding steroid dienone is 3. The van der Waals surface area contributed by atoms with Gasteiger partial charge in [-0.15, -0.1) is 0 Å². The molecule has 3 heterocycles. The molecule has 0 radical (unpaired) electrons. The van der Waals surface area contributed by atoms with Crippen LogP contribution in [0.3, 0.4) is 0 Å². The van der Waals surface area contributed by atoms with E-state index in [-0.39, 0.29) is 12.6 Å². The third kappa shape index (κ3) is 5.66. The smallest absolute Gasteiger partial charge is 0.419 e. The molecular weight excluding hydrogens is 482 g/mol. The first kappa shape index (κ1) is 25.8. The second-order valence-electron chi connectivity index (χ2n) is 7.76. The molecule has 2 aromatic heterocycles. The van der Waals surface area contributed by atoms with Crippen LogP contribution in [0.25, 0.3) is 5.52 Å². The molecule has 2 aromatic rings. The van der Waals surface area contributed by atoms with Crippen LogP contribution in [0.15, 0.2) is 65.9 Å². The second-order valence-corrected chi connectivity index (χ2v) is 7.76. The fraction of sp³-hybridized carbons (Fsp3) is 0.318. The van der Waals surface area contributed by atoms with Gasteiger partial charge in [0, 0.05) is 11.8 Å². The molecule has 35 heavy (non-hydrogen) atoms. The number of cyclic esters (lactones) is 1. The molecule has 188 valence electrons. The Hall–Kier alpha value is -3.77. The second kappa shape index (κ2) is 9.47. The van der Waals surface area contributed by atoms with Gasteiger partial charge in [-0.1, -0.05) is 12.6 Å². The summed E-state index contributed by atoms with van der Waals surface area (Å²) in [7, 11) is 0. The molecule has 0 unspecified atom stereocenters. The number of rotatable bonds is 5. The van der Waals surface area contributed by atoms with E-state index in [1.54, 1.807) is 35.0 Å². The number of urea groups is 1. The summed E-state index contributed by atoms with van der Waals surface area (Å²) in [6.45, 7) is 5.23. The Morgan fingerprint density at radius 3 is 2.49 bits per heavy atom. The monoisotopic (exact) mass is 502 g/mol. The number of alkyl halides is 6. The van der Waals surface area contributed by atoms with Gasteiger partial charge in [-0.3, -0.25) is 0 Å². The molecule has 2 atom stereocenters. The van der Waals surface area contributed by atoms with Gasteiger partial charge in [-0.2, -0.15) is 31.4 Å². The largest absolute Gasteiger partial charge is 0.439 e. The summed E-state index contributed by atoms with van der Waals surface area (Å²) in [6, 6.07) is 5.00. The van der Waals surface area contributed by atoms with Crippen LogP contribution in [-0.2, 0) is 11.3 Å². The standard InChI is InChI=1S/C22H20F6N4O3/c1-12(9-15(22(26,27)28)10-13(2)21(23,24)25)18-14(3)31(20(34)35-18)19(33)29-11-17-6-4-5-16-7-8-30-32(16)17/h4-10,14,18H,1,11H2,2-3H3,(H,29,33)/b13-10+,15-9+/t14-,18+/m0/s1. The summed E-state index contributed by atoms with van der Waals surface area (Å²) in [6.07, 6.45) is -10.8. The summed E-state index contributed by atoms with van der Waals surface area (Å²) >= 11 is 0. The van der Waals surface area contributed by atoms with Gasteiger partial charge in [0.15, 0.2) is 0 Å². The van der Waals surface area contributed by atoms with Crippen molar-refractivity contribution in [3.63, 3.8) is 0 Å². The Morgan fingerprint density at radius 2 is 1.86 bits per heavy atom. The van der Waals surface area contributed by atoms with Crippen LogP contribution in [0.2, 0.25) is 0 Å². The Kier molecular flexibility index (Phi) is 6.99. The number of hydrogen-bond donors (Lipinski definition) is 1. The SMILES string of the molecule is C=C(/C=C(\C=C(/C)C(F)(F)F)C(F)(F)F)[C@H]1OC(=O)N(C(=O)NCc2cccc3ccnn23)[C@H]1C. The number of carbonyl (C=O) groups excluding carboxylic acids is 2. The number of fused-ring (bicyclic) bond motifs is 1. The van der Waals surface area contributed by atoms with Crippen molar-refractivity contribution in [2.75, 3.05) is 0 Å². The van der Waals surface area contributed by atoms with E-state index in [2.05, 4.69) is 17.0 Å². The Labute approximate surface area is 195 Å². The van der Waals surface area contributed by atoms with Gasteiger partial charge in [0.25, 0.3) is 0 Å². The van der Waals surface area contributed by atoms with Crippen molar-refractivity contribution in [3.05, 3.63) is 71.6 Å². The third-order valence-corrected chi connectivity index (χ3v) is 5.26. The predicted molar refractivity (Wildman–Crippen MR) is 112 cm³/mol. The number of carbonyl (C=O) groups is 2. The van der Waals surface area contributed by atoms with Gasteiger partial charge in [0.2, 0.25) is 0 Å². The van der Waals surface area contributed by atoms with E-state index in [1.165, 1.54) is 6.92 Å². The lowest BCUT2D eigenvalue weighted by Gasteiger charge is -2.20. The molecule has 7 nitrogen and oxygen atoms in total. The maximum atomic E-state index is 13.3. The lowest BCUT2D eigenvalue weighted by atomic mass is 10.0. The molecule has 1 N–H and O–H groups in total. The highest BCUT2D eigenvalue weighted by Crippen LogP contribution is 2.34. The number of hydrogen-bond acceptors (Lipinski definition) is 4. The summed E-state index contributed by atoms with van der Waals surface area (Å²) in [5.41, 5.74) is -2.17. The fourth-order valence-electron chi connectivity index (χ4n) is 3.41. The van der Waals surface area contributed by atoms with Crippen LogP contribution in [0, 0.1) is 0 Å². The number of imide groups is 1. The highest BCUT2D eigenvalue weighted by molar-refractivity contribution is 5.93. The van der Waals surface area contributed by atoms with Crippen molar-refractivity contribution in [1.29, 1.82) is 0 Å². The molecule has 1 fully saturated rings. The van der Waals surface area contributed by atoms with Gasteiger partial charge < -0.3 is 10.1 Å². The van der Waals surface area contributed by atoms with E-state index in [0.29, 0.717) is 23.6 Å². The van der Waals surface area contributed by atoms with Crippen LogP contribution in [0.1, 0.15) is 19.5 Å². The normalized spacial score (nSPS) is 19.8. The van der Waals surface area contributed by atoms with Crippen molar-refractivity contribution >= 4 is 17.6 Å². The average molecular weight is 502 g/mol. The third-order valence-electron chi connectivity index (χ3n) is 5.26. The number of nitrogens with zero attached hydrogens (tertiary/aromatic N) is 3. The minimum atomic E-state index is -5.13. The molecule has 3 rings (SSSR count). The van der Waals surface area contributed by atoms with E-state index in [4.69, 9.17) is 4.74 Å². The number of nitrogens with one attached hydrogen (secondary N) is 1. The summed E-state index contributed by atoms with van der Waals surface area (Å²) in [5.74, 6) is 0. The molecule has 0 aromatic carbocycles. The Balaban J connectivity index is 1.76. The fourth-order valence-corrected chi connectivity index (χ4v) is 3.41. The highest BCUT2D eigenvalue weighted by Gasteiger charge is 2.44. The van der Waals surface area contributed by atoms with E-state index in [0.717, 1.165) is 5.52 Å². The zero-order valence-corrected chi connectivity index (χ0v) is 18.4. The molecule has 0 spiro atoms. The molecular formula is C22H20F6N4O3. The van der Waals surface area contributed by atoms with Crippen LogP contribution < -0.4 is 5.32 Å². The number of pyridine rings is 1. The van der Waals surface area contributed by atoms with Crippen molar-refractivity contribution in [2.45, 2.75) is 44.9 Å². The number of amides is 3. The van der Waals surface area contributed by atoms with Crippen molar-refractivity contribution in [1.82, 2.24) is 19.8 Å². The van der Waals surface area contributed by atoms with Crippen LogP contribution in [0.5, 0.6) is 0 Å². The zero-order valence-electron chi connectivity index (χ0n) is 18.4. The Morgan fingerprint density at radius 1 is 1.17 bits per heavy atom. The van der Waals surface area contributed by atoms with Crippen LogP contribution in [0.4, 0.5) is 35.9 Å². The van der Waals surface area contributed by atoms with Crippen molar-refractivity contribution in [3.8, 4) is 0 Å². The summed E-state index contributed by atoms with van der Waals surface area (Å²) in [5, 5.41) is 6.63. The van der Waals surface area contributed by atoms with Gasteiger partial charge in [0.05, 0.1) is 29.4 Å². The molecule has 1 saturated heterocycles. The van der Waals surface area contributed by atoms with E-state index >= 15 is 0 Å².